The van der Waals surface area contributed by atoms with Crippen LogP contribution >= 0.6 is 22.6 Å². The fourth-order valence-electron chi connectivity index (χ4n) is 1.32. The van der Waals surface area contributed by atoms with Gasteiger partial charge in [-0.3, -0.25) is 4.21 Å². The minimum atomic E-state index is -1.04. The van der Waals surface area contributed by atoms with Crippen LogP contribution in [-0.4, -0.2) is 4.21 Å². The topological polar surface area (TPSA) is 17.1 Å². The lowest BCUT2D eigenvalue weighted by atomic mass is 10.2. The molecule has 1 saturated carbocycles. The molecule has 5 radical (unpaired) electrons. The molecule has 1 aromatic rings. The minimum absolute atomic E-state index is 0.865. The molecule has 1 aromatic carbocycles. The van der Waals surface area contributed by atoms with Crippen molar-refractivity contribution in [1.29, 1.82) is 0 Å². The lowest BCUT2D eigenvalue weighted by Gasteiger charge is -2.11. The van der Waals surface area contributed by atoms with Gasteiger partial charge in [-0.05, 0) is 38.3 Å². The van der Waals surface area contributed by atoms with Crippen molar-refractivity contribution in [1.82, 2.24) is 0 Å². The fraction of sp³-hybridized carbons (Fsp3) is 0.0833. The maximum Gasteiger partial charge on any atom is 0.0892 e. The monoisotopic (exact) mass is 329 g/mol. The maximum absolute atomic E-state index is 12.1. The Balaban J connectivity index is 2.17. The number of hydrogen-bond donors (Lipinski definition) is 0. The van der Waals surface area contributed by atoms with E-state index in [1.807, 2.05) is 50.5 Å². The van der Waals surface area contributed by atoms with Crippen LogP contribution in [0, 0.1) is 35.4 Å². The van der Waals surface area contributed by atoms with Gasteiger partial charge in [0.1, 0.15) is 0 Å². The molecule has 0 heterocycles. The van der Waals surface area contributed by atoms with Gasteiger partial charge in [0, 0.05) is 4.90 Å². The van der Waals surface area contributed by atoms with E-state index in [4.69, 9.17) is 0 Å². The molecule has 1 atom stereocenters. The van der Waals surface area contributed by atoms with E-state index in [0.717, 1.165) is 14.1 Å². The third-order valence-corrected chi connectivity index (χ3v) is 4.92. The van der Waals surface area contributed by atoms with E-state index in [2.05, 4.69) is 22.6 Å². The van der Waals surface area contributed by atoms with Gasteiger partial charge >= 0.3 is 0 Å². The summed E-state index contributed by atoms with van der Waals surface area (Å²) in [5, 5.41) is 0.902. The molecule has 0 bridgehead atoms. The van der Waals surface area contributed by atoms with Crippen molar-refractivity contribution in [2.24, 2.45) is 0 Å². The van der Waals surface area contributed by atoms with E-state index in [9.17, 15) is 4.21 Å². The molecule has 3 heteroatoms. The number of rotatable bonds is 2. The predicted molar refractivity (Wildman–Crippen MR) is 71.0 cm³/mol. The van der Waals surface area contributed by atoms with Gasteiger partial charge in [-0.1, -0.05) is 40.3 Å². The molecule has 0 spiro atoms. The van der Waals surface area contributed by atoms with Crippen LogP contribution in [0.1, 0.15) is 5.56 Å². The lowest BCUT2D eigenvalue weighted by Crippen LogP contribution is -2.06. The van der Waals surface area contributed by atoms with Gasteiger partial charge in [-0.25, -0.2) is 0 Å². The molecule has 0 aliphatic heterocycles. The quantitative estimate of drug-likeness (QED) is 0.762. The summed E-state index contributed by atoms with van der Waals surface area (Å²) >= 11 is 2.21. The molecular weight excluding hydrogens is 319 g/mol. The van der Waals surface area contributed by atoms with Crippen LogP contribution in [0.4, 0.5) is 0 Å². The second-order valence-corrected chi connectivity index (χ2v) is 5.93. The fourth-order valence-corrected chi connectivity index (χ4v) is 3.39. The van der Waals surface area contributed by atoms with Crippen molar-refractivity contribution in [2.45, 2.75) is 11.8 Å². The van der Waals surface area contributed by atoms with Gasteiger partial charge in [0.15, 0.2) is 0 Å². The summed E-state index contributed by atoms with van der Waals surface area (Å²) in [5.41, 5.74) is 1.19. The van der Waals surface area contributed by atoms with E-state index >= 15 is 0 Å². The summed E-state index contributed by atoms with van der Waals surface area (Å²) in [6, 6.07) is 7.83. The van der Waals surface area contributed by atoms with Gasteiger partial charge in [0.25, 0.3) is 0 Å². The largest absolute Gasteiger partial charge is 0.254 e. The van der Waals surface area contributed by atoms with Crippen LogP contribution in [0.3, 0.4) is 0 Å². The first-order chi connectivity index (χ1) is 7.18. The average Bonchev–Trinajstić information content (AvgIpc) is 2.65. The number of benzene rings is 1. The average molecular weight is 329 g/mol. The Kier molecular flexibility index (Phi) is 3.83. The van der Waals surface area contributed by atoms with Crippen molar-refractivity contribution in [3.05, 3.63) is 58.3 Å². The Bertz CT molecular complexity index is 360. The number of hydrogen-bond acceptors (Lipinski definition) is 1. The predicted octanol–water partition coefficient (Wildman–Crippen LogP) is 3.23. The van der Waals surface area contributed by atoms with E-state index in [1.165, 1.54) is 5.56 Å². The molecule has 0 saturated heterocycles. The molecule has 2 rings (SSSR count). The third kappa shape index (κ3) is 2.61. The van der Waals surface area contributed by atoms with Gasteiger partial charge in [-0.15, -0.1) is 0 Å². The first-order valence-electron chi connectivity index (χ1n) is 4.58. The summed E-state index contributed by atoms with van der Waals surface area (Å²) < 4.78 is 13.2. The highest BCUT2D eigenvalue weighted by Gasteiger charge is 2.32. The standard InChI is InChI=1S/C12H10IOS/c1-9-5-7-10(8-6-9)15(14)12-4-2-3-11(12)13/h2-8H,1H3. The number of aryl methyl sites for hydroxylation is 1. The molecular formula is C12H10IOS. The molecule has 0 aromatic heterocycles. The normalized spacial score (nSPS) is 20.7. The van der Waals surface area contributed by atoms with Crippen LogP contribution in [0.25, 0.3) is 0 Å². The van der Waals surface area contributed by atoms with E-state index in [1.54, 1.807) is 0 Å². The van der Waals surface area contributed by atoms with Gasteiger partial charge < -0.3 is 0 Å². The Labute approximate surface area is 107 Å². The van der Waals surface area contributed by atoms with Crippen molar-refractivity contribution in [3.63, 3.8) is 0 Å². The summed E-state index contributed by atoms with van der Waals surface area (Å²) in [4.78, 5) is 0.865. The third-order valence-electron chi connectivity index (χ3n) is 2.16. The van der Waals surface area contributed by atoms with Gasteiger partial charge in [0.2, 0.25) is 0 Å². The first-order valence-corrected chi connectivity index (χ1v) is 6.81. The molecule has 1 aliphatic carbocycles. The van der Waals surface area contributed by atoms with Crippen molar-refractivity contribution >= 4 is 33.4 Å². The first kappa shape index (κ1) is 11.6. The zero-order chi connectivity index (χ0) is 10.8. The molecule has 0 amide bonds. The van der Waals surface area contributed by atoms with E-state index in [0.29, 0.717) is 0 Å². The van der Waals surface area contributed by atoms with Crippen molar-refractivity contribution < 1.29 is 4.21 Å². The Hall–Kier alpha value is 0.1000. The second-order valence-electron chi connectivity index (χ2n) is 3.32. The smallest absolute Gasteiger partial charge is 0.0892 e. The molecule has 1 fully saturated rings. The molecule has 77 valence electrons. The lowest BCUT2D eigenvalue weighted by molar-refractivity contribution is 0.685. The Morgan fingerprint density at radius 1 is 1.13 bits per heavy atom. The van der Waals surface area contributed by atoms with Crippen molar-refractivity contribution in [3.8, 4) is 0 Å². The Morgan fingerprint density at radius 3 is 2.33 bits per heavy atom. The summed E-state index contributed by atoms with van der Waals surface area (Å²) in [5.74, 6) is 0. The highest BCUT2D eigenvalue weighted by molar-refractivity contribution is 14.1. The van der Waals surface area contributed by atoms with Gasteiger partial charge in [0.05, 0.1) is 20.0 Å². The van der Waals surface area contributed by atoms with Crippen LogP contribution in [0.5, 0.6) is 0 Å². The summed E-state index contributed by atoms with van der Waals surface area (Å²) in [6.07, 6.45) is 5.82. The van der Waals surface area contributed by atoms with Crippen LogP contribution in [0.2, 0.25) is 0 Å². The molecule has 1 nitrogen and oxygen atoms in total. The summed E-state index contributed by atoms with van der Waals surface area (Å²) in [7, 11) is -1.04. The summed E-state index contributed by atoms with van der Waals surface area (Å²) in [6.45, 7) is 2.03. The van der Waals surface area contributed by atoms with E-state index < -0.39 is 10.8 Å². The van der Waals surface area contributed by atoms with Crippen LogP contribution in [-0.2, 0) is 10.8 Å². The van der Waals surface area contributed by atoms with Gasteiger partial charge in [-0.2, -0.15) is 0 Å². The van der Waals surface area contributed by atoms with Crippen molar-refractivity contribution in [2.75, 3.05) is 0 Å². The molecule has 1 aliphatic rings. The minimum Gasteiger partial charge on any atom is -0.254 e. The number of halogens is 1. The Morgan fingerprint density at radius 2 is 1.80 bits per heavy atom. The molecule has 15 heavy (non-hydrogen) atoms. The SMILES string of the molecule is Cc1ccc(S(=O)[C]2[CH][CH][CH][C]2I)cc1. The van der Waals surface area contributed by atoms with Crippen LogP contribution in [0.15, 0.2) is 29.2 Å². The van der Waals surface area contributed by atoms with Crippen LogP contribution < -0.4 is 0 Å². The van der Waals surface area contributed by atoms with E-state index in [-0.39, 0.29) is 0 Å². The maximum atomic E-state index is 12.1. The molecule has 0 N–H and O–H groups in total. The second kappa shape index (κ2) is 4.95. The highest BCUT2D eigenvalue weighted by Crippen LogP contribution is 2.42. The highest BCUT2D eigenvalue weighted by atomic mass is 127. The zero-order valence-electron chi connectivity index (χ0n) is 8.24. The molecule has 1 unspecified atom stereocenters. The zero-order valence-corrected chi connectivity index (χ0v) is 11.2.